The number of aromatic amines is 1. The van der Waals surface area contributed by atoms with Crippen molar-refractivity contribution in [3.63, 3.8) is 0 Å². The number of ether oxygens (including phenoxy) is 1. The molecule has 2 aromatic carbocycles. The van der Waals surface area contributed by atoms with E-state index in [2.05, 4.69) is 44.3 Å². The number of hydrogen-bond acceptors (Lipinski definition) is 6. The molecule has 0 saturated heterocycles. The Bertz CT molecular complexity index is 1090. The molecule has 4 rings (SSSR count). The van der Waals surface area contributed by atoms with Crippen LogP contribution in [0.5, 0.6) is 5.75 Å². The van der Waals surface area contributed by atoms with Gasteiger partial charge in [0.2, 0.25) is 0 Å². The number of oxazole rings is 1. The Morgan fingerprint density at radius 1 is 1.03 bits per heavy atom. The molecule has 150 valence electrons. The minimum atomic E-state index is 0.606. The highest BCUT2D eigenvalue weighted by Gasteiger charge is 2.16. The van der Waals surface area contributed by atoms with Gasteiger partial charge in [-0.1, -0.05) is 24.3 Å². The van der Waals surface area contributed by atoms with Gasteiger partial charge in [0.15, 0.2) is 0 Å². The lowest BCUT2D eigenvalue weighted by molar-refractivity contribution is 0.396. The van der Waals surface area contributed by atoms with E-state index in [-0.39, 0.29) is 0 Å². The Kier molecular flexibility index (Phi) is 5.48. The van der Waals surface area contributed by atoms with Crippen LogP contribution in [0.3, 0.4) is 0 Å². The molecule has 1 N–H and O–H groups in total. The first-order valence-electron chi connectivity index (χ1n) is 9.50. The van der Waals surface area contributed by atoms with E-state index in [9.17, 15) is 0 Å². The number of H-pyrrole nitrogens is 1. The van der Waals surface area contributed by atoms with Crippen LogP contribution in [0.2, 0.25) is 0 Å². The highest BCUT2D eigenvalue weighted by atomic mass is 16.5. The zero-order valence-electron chi connectivity index (χ0n) is 16.9. The fourth-order valence-corrected chi connectivity index (χ4v) is 3.32. The Morgan fingerprint density at radius 2 is 1.86 bits per heavy atom. The fraction of sp³-hybridized carbons (Fsp3) is 0.273. The molecule has 0 unspecified atom stereocenters. The lowest BCUT2D eigenvalue weighted by atomic mass is 10.1. The van der Waals surface area contributed by atoms with Crippen molar-refractivity contribution in [3.05, 3.63) is 71.7 Å². The summed E-state index contributed by atoms with van der Waals surface area (Å²) in [5.41, 5.74) is 4.20. The van der Waals surface area contributed by atoms with E-state index in [1.807, 2.05) is 38.5 Å². The van der Waals surface area contributed by atoms with Gasteiger partial charge < -0.3 is 19.0 Å². The summed E-state index contributed by atoms with van der Waals surface area (Å²) in [6.07, 6.45) is 3.56. The van der Waals surface area contributed by atoms with Crippen LogP contribution in [0, 0.1) is 0 Å². The fourth-order valence-electron chi connectivity index (χ4n) is 3.32. The number of aromatic nitrogens is 3. The molecule has 0 saturated carbocycles. The molecule has 0 fully saturated rings. The molecule has 4 aromatic rings. The Balaban J connectivity index is 1.62. The highest BCUT2D eigenvalue weighted by molar-refractivity contribution is 5.78. The Labute approximate surface area is 169 Å². The van der Waals surface area contributed by atoms with Crippen molar-refractivity contribution in [2.75, 3.05) is 26.1 Å². The molecule has 0 bridgehead atoms. The van der Waals surface area contributed by atoms with Gasteiger partial charge in [-0.2, -0.15) is 10.1 Å². The van der Waals surface area contributed by atoms with Crippen LogP contribution in [0.15, 0.2) is 59.3 Å². The van der Waals surface area contributed by atoms with Crippen LogP contribution < -0.4 is 9.64 Å². The molecule has 0 aliphatic carbocycles. The van der Waals surface area contributed by atoms with E-state index in [1.54, 1.807) is 13.4 Å². The van der Waals surface area contributed by atoms with Gasteiger partial charge >= 0.3 is 0 Å². The van der Waals surface area contributed by atoms with Crippen molar-refractivity contribution in [1.82, 2.24) is 20.1 Å². The predicted octanol–water partition coefficient (Wildman–Crippen LogP) is 3.83. The maximum Gasteiger partial charge on any atom is 0.298 e. The quantitative estimate of drug-likeness (QED) is 0.492. The molecular weight excluding hydrogens is 366 g/mol. The number of rotatable bonds is 8. The predicted molar refractivity (Wildman–Crippen MR) is 113 cm³/mol. The summed E-state index contributed by atoms with van der Waals surface area (Å²) < 4.78 is 11.2. The third-order valence-corrected chi connectivity index (χ3v) is 4.68. The molecule has 0 aliphatic rings. The molecule has 0 spiro atoms. The van der Waals surface area contributed by atoms with E-state index in [4.69, 9.17) is 14.1 Å². The van der Waals surface area contributed by atoms with Gasteiger partial charge in [-0.25, -0.2) is 0 Å². The SMILES string of the molecule is COc1cccc(CN(Cc2ccc3cn[nH]c3c2)c2nc(CN(C)C)co2)c1. The van der Waals surface area contributed by atoms with E-state index in [0.29, 0.717) is 19.1 Å². The number of methoxy groups -OCH3 is 1. The number of nitrogens with one attached hydrogen (secondary N) is 1. The Hall–Kier alpha value is -3.32. The van der Waals surface area contributed by atoms with Gasteiger partial charge in [-0.3, -0.25) is 5.10 Å². The number of fused-ring (bicyclic) bond motifs is 1. The second-order valence-electron chi connectivity index (χ2n) is 7.36. The summed E-state index contributed by atoms with van der Waals surface area (Å²) >= 11 is 0. The van der Waals surface area contributed by atoms with Gasteiger partial charge in [0.25, 0.3) is 6.01 Å². The third-order valence-electron chi connectivity index (χ3n) is 4.68. The molecule has 0 atom stereocenters. The van der Waals surface area contributed by atoms with Crippen LogP contribution in [-0.2, 0) is 19.6 Å². The van der Waals surface area contributed by atoms with Gasteiger partial charge in [0.05, 0.1) is 24.5 Å². The highest BCUT2D eigenvalue weighted by Crippen LogP contribution is 2.23. The molecule has 7 nitrogen and oxygen atoms in total. The van der Waals surface area contributed by atoms with Crippen molar-refractivity contribution in [3.8, 4) is 5.75 Å². The second kappa shape index (κ2) is 8.36. The second-order valence-corrected chi connectivity index (χ2v) is 7.36. The number of benzene rings is 2. The van der Waals surface area contributed by atoms with Gasteiger partial charge in [-0.05, 0) is 43.4 Å². The largest absolute Gasteiger partial charge is 0.497 e. The van der Waals surface area contributed by atoms with E-state index in [0.717, 1.165) is 40.0 Å². The number of hydrogen-bond donors (Lipinski definition) is 1. The normalized spacial score (nSPS) is 11.3. The van der Waals surface area contributed by atoms with Gasteiger partial charge in [0, 0.05) is 25.0 Å². The topological polar surface area (TPSA) is 70.4 Å². The Morgan fingerprint density at radius 3 is 2.66 bits per heavy atom. The van der Waals surface area contributed by atoms with E-state index < -0.39 is 0 Å². The molecule has 0 aliphatic heterocycles. The first-order valence-corrected chi connectivity index (χ1v) is 9.50. The minimum Gasteiger partial charge on any atom is -0.497 e. The summed E-state index contributed by atoms with van der Waals surface area (Å²) in [6, 6.07) is 15.0. The molecule has 2 heterocycles. The maximum atomic E-state index is 5.84. The van der Waals surface area contributed by atoms with Crippen LogP contribution in [0.1, 0.15) is 16.8 Å². The van der Waals surface area contributed by atoms with Crippen LogP contribution in [-0.4, -0.2) is 41.3 Å². The summed E-state index contributed by atoms with van der Waals surface area (Å²) in [7, 11) is 5.71. The zero-order valence-corrected chi connectivity index (χ0v) is 16.9. The summed E-state index contributed by atoms with van der Waals surface area (Å²) in [6.45, 7) is 2.05. The molecule has 29 heavy (non-hydrogen) atoms. The average Bonchev–Trinajstić information content (AvgIpc) is 3.36. The third kappa shape index (κ3) is 4.57. The van der Waals surface area contributed by atoms with Gasteiger partial charge in [-0.15, -0.1) is 0 Å². The lowest BCUT2D eigenvalue weighted by Gasteiger charge is -2.21. The van der Waals surface area contributed by atoms with Crippen LogP contribution in [0.25, 0.3) is 10.9 Å². The number of anilines is 1. The van der Waals surface area contributed by atoms with Crippen LogP contribution >= 0.6 is 0 Å². The molecular formula is C22H25N5O2. The zero-order chi connectivity index (χ0) is 20.2. The molecule has 7 heteroatoms. The van der Waals surface area contributed by atoms with E-state index in [1.165, 1.54) is 0 Å². The van der Waals surface area contributed by atoms with Crippen molar-refractivity contribution < 1.29 is 9.15 Å². The van der Waals surface area contributed by atoms with Crippen molar-refractivity contribution in [1.29, 1.82) is 0 Å². The monoisotopic (exact) mass is 391 g/mol. The smallest absolute Gasteiger partial charge is 0.298 e. The first kappa shape index (κ1) is 19.0. The van der Waals surface area contributed by atoms with E-state index >= 15 is 0 Å². The van der Waals surface area contributed by atoms with Crippen molar-refractivity contribution in [2.24, 2.45) is 0 Å². The number of nitrogens with zero attached hydrogens (tertiary/aromatic N) is 4. The molecule has 0 radical (unpaired) electrons. The standard InChI is InChI=1S/C22H25N5O2/c1-26(2)14-19-15-29-22(24-19)27(12-16-5-4-6-20(9-16)28-3)13-17-7-8-18-11-23-25-21(18)10-17/h4-11,15H,12-14H2,1-3H3,(H,23,25). The van der Waals surface area contributed by atoms with Gasteiger partial charge in [0.1, 0.15) is 12.0 Å². The minimum absolute atomic E-state index is 0.606. The average molecular weight is 391 g/mol. The summed E-state index contributed by atoms with van der Waals surface area (Å²) in [5, 5.41) is 8.24. The summed E-state index contributed by atoms with van der Waals surface area (Å²) in [4.78, 5) is 8.90. The van der Waals surface area contributed by atoms with Crippen molar-refractivity contribution in [2.45, 2.75) is 19.6 Å². The van der Waals surface area contributed by atoms with Crippen LogP contribution in [0.4, 0.5) is 6.01 Å². The molecule has 2 aromatic heterocycles. The summed E-state index contributed by atoms with van der Waals surface area (Å²) in [5.74, 6) is 0.835. The lowest BCUT2D eigenvalue weighted by Crippen LogP contribution is -2.22. The van der Waals surface area contributed by atoms with Crippen molar-refractivity contribution >= 4 is 16.9 Å². The first-order chi connectivity index (χ1) is 14.1. The maximum absolute atomic E-state index is 5.84. The molecule has 0 amide bonds.